The second-order valence-electron chi connectivity index (χ2n) is 37.2. The number of pyridine rings is 3. The van der Waals surface area contributed by atoms with Crippen molar-refractivity contribution in [2.24, 2.45) is 0 Å². The van der Waals surface area contributed by atoms with E-state index in [0.717, 1.165) is 112 Å². The van der Waals surface area contributed by atoms with Gasteiger partial charge in [-0.25, -0.2) is 15.0 Å². The minimum atomic E-state index is 0.943. The van der Waals surface area contributed by atoms with E-state index >= 15 is 0 Å². The molecule has 0 bridgehead atoms. The van der Waals surface area contributed by atoms with Crippen LogP contribution in [-0.2, 0) is 0 Å². The second-order valence-corrected chi connectivity index (χ2v) is 41.5. The van der Waals surface area contributed by atoms with Gasteiger partial charge in [0.05, 0.1) is 67.3 Å². The molecule has 10 aromatic heterocycles. The van der Waals surface area contributed by atoms with Crippen molar-refractivity contribution in [1.29, 1.82) is 0 Å². The first-order valence-corrected chi connectivity index (χ1v) is 52.3. The van der Waals surface area contributed by atoms with Gasteiger partial charge in [-0.15, -0.1) is 45.3 Å². The van der Waals surface area contributed by atoms with Crippen LogP contribution < -0.4 is 0 Å². The molecule has 30 aromatic rings. The van der Waals surface area contributed by atoms with Crippen LogP contribution in [-0.4, -0.2) is 28.7 Å². The van der Waals surface area contributed by atoms with Gasteiger partial charge in [0, 0.05) is 163 Å². The standard InChI is InChI=1S/C53H32N2S2.2C41H26N2S/c1-2-12-33(13-3-1)34-14-10-15-36(28-34)45-30-38(35-24-25-42-40-18-5-8-22-49(40)56-51(42)32-35)31-46(54-45)37-16-11-17-39(29-37)55-47-21-7-4-20-44(47)52-48(55)27-26-43-41-19-6-9-23-50(41)57-53(43)52;1-2-11-27(12-3-1)36-24-30(25-37(42-36)29-21-22-35-34-17-6-9-20-40(34)44-41(35)26-29)28-13-10-14-31(23-28)43-38-18-7-4-15-32(38)33-16-5-8-19-39(33)43;1-2-10-28(11-3-1)36-25-30(26-37(42-36)29-20-23-41-35(24-29)34-14-6-9-17-40(34)44-41)27-18-21-31(22-19-27)43-38-15-7-4-12-32(38)33-13-5-8-16-39(33)43/h1-32H;2*1-26H. The number of rotatable bonds is 13. The number of thiophene rings is 4. The van der Waals surface area contributed by atoms with Crippen LogP contribution >= 0.6 is 45.3 Å². The third-order valence-electron chi connectivity index (χ3n) is 28.6. The Labute approximate surface area is 851 Å². The van der Waals surface area contributed by atoms with Crippen LogP contribution in [0.15, 0.2) is 510 Å². The van der Waals surface area contributed by atoms with Crippen LogP contribution in [0, 0.1) is 0 Å². The van der Waals surface area contributed by atoms with Gasteiger partial charge in [-0.3, -0.25) is 0 Å². The SMILES string of the molecule is c1ccc(-c2cc(-c3ccc(-n4c5ccccc5c5ccccc54)cc3)cc(-c3ccc4sc5ccccc5c4c3)n2)cc1.c1ccc(-c2cc(-c3cccc(-n4c5ccccc5c5ccccc54)c3)cc(-c3ccc4c(c3)sc3ccccc34)n2)cc1.c1ccc(-c2cccc(-c3cc(-c4ccc5c(c4)sc4ccccc45)cc(-c4cccc(-n5c6ccccc6c6c7sc8ccccc8c7ccc65)c4)n3)c2)cc1. The van der Waals surface area contributed by atoms with Crippen molar-refractivity contribution >= 4 is 191 Å². The summed E-state index contributed by atoms with van der Waals surface area (Å²) in [5, 5.41) is 18.1. The quantitative estimate of drug-likeness (QED) is 0.116. The molecule has 0 atom stereocenters. The van der Waals surface area contributed by atoms with Crippen molar-refractivity contribution in [2.45, 2.75) is 0 Å². The highest BCUT2D eigenvalue weighted by atomic mass is 32.1. The molecule has 0 N–H and O–H groups in total. The Morgan fingerprint density at radius 1 is 0.131 bits per heavy atom. The Kier molecular flexibility index (Phi) is 21.0. The smallest absolute Gasteiger partial charge is 0.0716 e. The lowest BCUT2D eigenvalue weighted by molar-refractivity contribution is 1.18. The monoisotopic (exact) mass is 1920 g/mol. The zero-order chi connectivity index (χ0) is 95.5. The van der Waals surface area contributed by atoms with Gasteiger partial charge < -0.3 is 13.7 Å². The van der Waals surface area contributed by atoms with Gasteiger partial charge in [0.15, 0.2) is 0 Å². The summed E-state index contributed by atoms with van der Waals surface area (Å²) < 4.78 is 17.7. The van der Waals surface area contributed by atoms with Crippen LogP contribution in [0.3, 0.4) is 0 Å². The summed E-state index contributed by atoms with van der Waals surface area (Å²) in [5.41, 5.74) is 32.4. The summed E-state index contributed by atoms with van der Waals surface area (Å²) in [6, 6.07) is 184. The van der Waals surface area contributed by atoms with Gasteiger partial charge in [-0.2, -0.15) is 0 Å². The van der Waals surface area contributed by atoms with Crippen molar-refractivity contribution in [3.8, 4) is 129 Å². The maximum atomic E-state index is 5.44. The predicted octanol–water partition coefficient (Wildman–Crippen LogP) is 38.7. The number of fused-ring (bicyclic) bond motifs is 22. The van der Waals surface area contributed by atoms with Gasteiger partial charge in [0.2, 0.25) is 0 Å². The van der Waals surface area contributed by atoms with Gasteiger partial charge >= 0.3 is 0 Å². The molecule has 0 amide bonds. The van der Waals surface area contributed by atoms with E-state index in [-0.39, 0.29) is 0 Å². The molecule has 0 radical (unpaired) electrons. The fourth-order valence-electron chi connectivity index (χ4n) is 21.7. The lowest BCUT2D eigenvalue weighted by atomic mass is 9.97. The summed E-state index contributed by atoms with van der Waals surface area (Å²) in [4.78, 5) is 15.8. The molecule has 20 aromatic carbocycles. The fourth-order valence-corrected chi connectivity index (χ4v) is 26.3. The maximum absolute atomic E-state index is 5.44. The first kappa shape index (κ1) is 85.1. The Morgan fingerprint density at radius 3 is 0.917 bits per heavy atom. The third-order valence-corrected chi connectivity index (χ3v) is 33.2. The highest BCUT2D eigenvalue weighted by Crippen LogP contribution is 2.48. The van der Waals surface area contributed by atoms with E-state index in [1.165, 1.54) is 163 Å². The Hall–Kier alpha value is -17.9. The highest BCUT2D eigenvalue weighted by molar-refractivity contribution is 7.27. The van der Waals surface area contributed by atoms with Crippen molar-refractivity contribution < 1.29 is 0 Å². The molecule has 0 fully saturated rings. The number of para-hydroxylation sites is 5. The van der Waals surface area contributed by atoms with Crippen molar-refractivity contribution in [3.63, 3.8) is 0 Å². The molecular weight excluding hydrogens is 1830 g/mol. The predicted molar refractivity (Wildman–Crippen MR) is 622 cm³/mol. The molecule has 6 nitrogen and oxygen atoms in total. The Balaban J connectivity index is 0.000000107. The third kappa shape index (κ3) is 15.2. The van der Waals surface area contributed by atoms with Crippen LogP contribution in [0.25, 0.3) is 275 Å². The maximum Gasteiger partial charge on any atom is 0.0716 e. The molecule has 0 saturated carbocycles. The molecule has 0 unspecified atom stereocenters. The van der Waals surface area contributed by atoms with Crippen LogP contribution in [0.2, 0.25) is 0 Å². The topological polar surface area (TPSA) is 53.5 Å². The number of benzene rings is 20. The average molecular weight is 1920 g/mol. The van der Waals surface area contributed by atoms with E-state index < -0.39 is 0 Å². The van der Waals surface area contributed by atoms with E-state index in [4.69, 9.17) is 15.0 Å². The number of nitrogens with zero attached hydrogens (tertiary/aromatic N) is 6. The van der Waals surface area contributed by atoms with E-state index in [9.17, 15) is 0 Å². The molecule has 0 saturated heterocycles. The second kappa shape index (κ2) is 35.7. The Morgan fingerprint density at radius 2 is 0.414 bits per heavy atom. The minimum absolute atomic E-state index is 0.943. The molecular formula is C135H84N6S4. The molecule has 30 rings (SSSR count). The molecule has 145 heavy (non-hydrogen) atoms. The lowest BCUT2D eigenvalue weighted by Gasteiger charge is -2.13. The zero-order valence-corrected chi connectivity index (χ0v) is 81.6. The summed E-state index contributed by atoms with van der Waals surface area (Å²) in [7, 11) is 0. The van der Waals surface area contributed by atoms with Gasteiger partial charge in [0.25, 0.3) is 0 Å². The lowest BCUT2D eigenvalue weighted by Crippen LogP contribution is -1.96. The van der Waals surface area contributed by atoms with E-state index in [2.05, 4.69) is 523 Å². The zero-order valence-electron chi connectivity index (χ0n) is 78.3. The summed E-state index contributed by atoms with van der Waals surface area (Å²) in [5.74, 6) is 0. The molecule has 0 aliphatic carbocycles. The molecule has 0 aliphatic rings. The van der Waals surface area contributed by atoms with Crippen LogP contribution in [0.1, 0.15) is 0 Å². The van der Waals surface area contributed by atoms with Crippen molar-refractivity contribution in [1.82, 2.24) is 28.7 Å². The van der Waals surface area contributed by atoms with E-state index in [1.807, 2.05) is 45.3 Å². The number of aromatic nitrogens is 6. The van der Waals surface area contributed by atoms with Crippen LogP contribution in [0.5, 0.6) is 0 Å². The van der Waals surface area contributed by atoms with E-state index in [1.54, 1.807) is 0 Å². The van der Waals surface area contributed by atoms with Crippen molar-refractivity contribution in [2.75, 3.05) is 0 Å². The van der Waals surface area contributed by atoms with E-state index in [0.29, 0.717) is 0 Å². The Bertz CT molecular complexity index is 10300. The minimum Gasteiger partial charge on any atom is -0.309 e. The van der Waals surface area contributed by atoms with Crippen molar-refractivity contribution in [3.05, 3.63) is 510 Å². The first-order valence-electron chi connectivity index (χ1n) is 49.0. The molecule has 10 heteroatoms. The fraction of sp³-hybridized carbons (Fsp3) is 0. The first-order chi connectivity index (χ1) is 71.8. The summed E-state index contributed by atoms with van der Waals surface area (Å²) in [6.45, 7) is 0. The van der Waals surface area contributed by atoms with Gasteiger partial charge in [-0.1, -0.05) is 346 Å². The normalized spacial score (nSPS) is 11.7. The molecule has 0 spiro atoms. The molecule has 10 heterocycles. The van der Waals surface area contributed by atoms with Gasteiger partial charge in [0.1, 0.15) is 0 Å². The van der Waals surface area contributed by atoms with Crippen LogP contribution in [0.4, 0.5) is 0 Å². The number of hydrogen-bond acceptors (Lipinski definition) is 7. The number of hydrogen-bond donors (Lipinski definition) is 0. The molecule has 0 aliphatic heterocycles. The summed E-state index contributed by atoms with van der Waals surface area (Å²) in [6.07, 6.45) is 0. The summed E-state index contributed by atoms with van der Waals surface area (Å²) >= 11 is 7.44. The largest absolute Gasteiger partial charge is 0.309 e. The highest BCUT2D eigenvalue weighted by Gasteiger charge is 2.24. The average Bonchev–Trinajstić information content (AvgIpc) is 1.55. The molecule has 678 valence electrons. The van der Waals surface area contributed by atoms with Gasteiger partial charge in [-0.05, 0) is 208 Å².